The minimum absolute atomic E-state index is 0.141. The third-order valence-corrected chi connectivity index (χ3v) is 8.70. The van der Waals surface area contributed by atoms with Gasteiger partial charge in [0.2, 0.25) is 0 Å². The average Bonchev–Trinajstić information content (AvgIpc) is 3.03. The lowest BCUT2D eigenvalue weighted by Crippen LogP contribution is -2.49. The van der Waals surface area contributed by atoms with Crippen LogP contribution < -0.4 is 15.0 Å². The number of likely N-dealkylation sites (tertiary alicyclic amines) is 1. The number of hydrogen-bond acceptors (Lipinski definition) is 7. The highest BCUT2D eigenvalue weighted by Crippen LogP contribution is 2.23. The van der Waals surface area contributed by atoms with Crippen molar-refractivity contribution in [3.63, 3.8) is 0 Å². The van der Waals surface area contributed by atoms with Gasteiger partial charge in [-0.05, 0) is 60.2 Å². The first-order valence-electron chi connectivity index (χ1n) is 15.7. The monoisotopic (exact) mass is 572 g/mol. The predicted octanol–water partition coefficient (Wildman–Crippen LogP) is 4.45. The van der Waals surface area contributed by atoms with Gasteiger partial charge in [0.1, 0.15) is 18.5 Å². The molecule has 2 aliphatic rings. The van der Waals surface area contributed by atoms with Crippen LogP contribution in [0.4, 0.5) is 5.69 Å². The van der Waals surface area contributed by atoms with Crippen molar-refractivity contribution in [1.29, 1.82) is 0 Å². The third kappa shape index (κ3) is 8.79. The van der Waals surface area contributed by atoms with Crippen LogP contribution in [0.5, 0.6) is 5.75 Å². The molecule has 7 nitrogen and oxygen atoms in total. The van der Waals surface area contributed by atoms with E-state index in [1.807, 2.05) is 12.1 Å². The van der Waals surface area contributed by atoms with E-state index in [1.54, 1.807) is 0 Å². The second-order valence-electron chi connectivity index (χ2n) is 11.8. The number of nitrogens with zero attached hydrogens (tertiary/aromatic N) is 3. The summed E-state index contributed by atoms with van der Waals surface area (Å²) < 4.78 is 5.96. The Morgan fingerprint density at radius 2 is 1.48 bits per heavy atom. The molecule has 3 aromatic carbocycles. The number of ether oxygens (including phenoxy) is 1. The molecule has 0 bridgehead atoms. The molecule has 2 unspecified atom stereocenters. The van der Waals surface area contributed by atoms with Crippen molar-refractivity contribution in [3.8, 4) is 5.75 Å². The molecule has 7 heteroatoms. The van der Waals surface area contributed by atoms with Gasteiger partial charge < -0.3 is 25.2 Å². The van der Waals surface area contributed by atoms with Gasteiger partial charge in [0, 0.05) is 70.6 Å². The molecule has 0 aliphatic carbocycles. The Labute approximate surface area is 251 Å². The maximum Gasteiger partial charge on any atom is 0.119 e. The van der Waals surface area contributed by atoms with Crippen LogP contribution in [0.1, 0.15) is 48.9 Å². The molecule has 2 heterocycles. The number of nitrogens with one attached hydrogen (secondary N) is 1. The Bertz CT molecular complexity index is 1190. The van der Waals surface area contributed by atoms with Crippen LogP contribution in [-0.2, 0) is 13.1 Å². The molecule has 2 saturated heterocycles. The molecule has 3 N–H and O–H groups in total. The molecule has 2 atom stereocenters. The lowest BCUT2D eigenvalue weighted by Gasteiger charge is -2.36. The molecule has 0 radical (unpaired) electrons. The summed E-state index contributed by atoms with van der Waals surface area (Å²) in [5, 5.41) is 24.2. The molecule has 0 spiro atoms. The van der Waals surface area contributed by atoms with Crippen molar-refractivity contribution in [1.82, 2.24) is 15.1 Å². The first-order chi connectivity index (χ1) is 20.6. The molecule has 0 aromatic heterocycles. The number of aliphatic hydroxyl groups excluding tert-OH is 2. The van der Waals surface area contributed by atoms with E-state index in [2.05, 4.69) is 93.7 Å². The average molecular weight is 573 g/mol. The molecular weight excluding hydrogens is 524 g/mol. The zero-order valence-corrected chi connectivity index (χ0v) is 25.1. The van der Waals surface area contributed by atoms with Crippen LogP contribution in [0.25, 0.3) is 0 Å². The summed E-state index contributed by atoms with van der Waals surface area (Å²) in [6, 6.07) is 27.8. The van der Waals surface area contributed by atoms with E-state index in [1.165, 1.54) is 22.4 Å². The van der Waals surface area contributed by atoms with Crippen LogP contribution in [0.3, 0.4) is 0 Å². The number of para-hydroxylation sites is 1. The molecule has 3 aromatic rings. The summed E-state index contributed by atoms with van der Waals surface area (Å²) in [6.07, 6.45) is 2.06. The Kier molecular flexibility index (Phi) is 11.3. The van der Waals surface area contributed by atoms with Gasteiger partial charge in [0.05, 0.1) is 6.10 Å². The number of benzene rings is 3. The van der Waals surface area contributed by atoms with Crippen LogP contribution >= 0.6 is 0 Å². The number of piperidine rings is 1. The van der Waals surface area contributed by atoms with Gasteiger partial charge in [-0.2, -0.15) is 0 Å². The van der Waals surface area contributed by atoms with Crippen LogP contribution in [-0.4, -0.2) is 84.6 Å². The van der Waals surface area contributed by atoms with Gasteiger partial charge in [-0.25, -0.2) is 0 Å². The molecule has 0 amide bonds. The van der Waals surface area contributed by atoms with Crippen molar-refractivity contribution in [2.75, 3.05) is 57.3 Å². The molecule has 5 rings (SSSR count). The molecule has 42 heavy (non-hydrogen) atoms. The lowest BCUT2D eigenvalue weighted by molar-refractivity contribution is 0.0663. The number of β-amino-alcohol motifs (C(OH)–C–C–N with tert-alkyl or cyclic N) is 1. The SMILES string of the molecule is CCC(NCc1ccccc1CN1CCC(O)CC1)c1ccc(OCC(O)CN2CCN(c3ccccc3)CC2)cc1. The molecule has 2 aliphatic heterocycles. The normalized spacial score (nSPS) is 18.6. The van der Waals surface area contributed by atoms with Crippen molar-refractivity contribution >= 4 is 5.69 Å². The van der Waals surface area contributed by atoms with Crippen molar-refractivity contribution in [2.24, 2.45) is 0 Å². The Balaban J connectivity index is 1.05. The lowest BCUT2D eigenvalue weighted by atomic mass is 10.0. The number of rotatable bonds is 13. The molecule has 0 saturated carbocycles. The molecule has 226 valence electrons. The summed E-state index contributed by atoms with van der Waals surface area (Å²) in [4.78, 5) is 7.17. The van der Waals surface area contributed by atoms with Gasteiger partial charge in [0.15, 0.2) is 0 Å². The third-order valence-electron chi connectivity index (χ3n) is 8.70. The smallest absolute Gasteiger partial charge is 0.119 e. The maximum absolute atomic E-state index is 10.6. The van der Waals surface area contributed by atoms with Crippen molar-refractivity contribution in [2.45, 2.75) is 57.5 Å². The van der Waals surface area contributed by atoms with E-state index in [9.17, 15) is 10.2 Å². The van der Waals surface area contributed by atoms with E-state index in [0.29, 0.717) is 13.2 Å². The molecule has 2 fully saturated rings. The first kappa shape index (κ1) is 30.5. The van der Waals surface area contributed by atoms with Crippen LogP contribution in [0.15, 0.2) is 78.9 Å². The minimum atomic E-state index is -0.520. The van der Waals surface area contributed by atoms with E-state index in [4.69, 9.17) is 4.74 Å². The van der Waals surface area contributed by atoms with Gasteiger partial charge >= 0.3 is 0 Å². The minimum Gasteiger partial charge on any atom is -0.491 e. The number of piperazine rings is 1. The fourth-order valence-corrected chi connectivity index (χ4v) is 6.10. The standard InChI is InChI=1S/C35H48N4O3/c1-2-35(36-24-29-8-6-7-9-30(29)25-37-18-16-32(40)17-19-37)28-12-14-34(15-13-28)42-27-33(41)26-38-20-22-39(23-21-38)31-10-4-3-5-11-31/h3-15,32-33,35-36,40-41H,2,16-27H2,1H3. The Hall–Kier alpha value is -2.94. The fourth-order valence-electron chi connectivity index (χ4n) is 6.10. The Morgan fingerprint density at radius 1 is 0.810 bits per heavy atom. The summed E-state index contributed by atoms with van der Waals surface area (Å²) in [5.74, 6) is 0.790. The predicted molar refractivity (Wildman–Crippen MR) is 170 cm³/mol. The van der Waals surface area contributed by atoms with E-state index in [0.717, 1.165) is 77.4 Å². The van der Waals surface area contributed by atoms with Gasteiger partial charge in [-0.15, -0.1) is 0 Å². The summed E-state index contributed by atoms with van der Waals surface area (Å²) in [6.45, 7) is 10.6. The van der Waals surface area contributed by atoms with Crippen LogP contribution in [0, 0.1) is 0 Å². The maximum atomic E-state index is 10.6. The fraction of sp³-hybridized carbons (Fsp3) is 0.486. The van der Waals surface area contributed by atoms with Gasteiger partial charge in [-0.1, -0.05) is 61.5 Å². The molecular formula is C35H48N4O3. The van der Waals surface area contributed by atoms with E-state index < -0.39 is 6.10 Å². The van der Waals surface area contributed by atoms with Gasteiger partial charge in [-0.3, -0.25) is 9.80 Å². The summed E-state index contributed by atoms with van der Waals surface area (Å²) >= 11 is 0. The van der Waals surface area contributed by atoms with E-state index in [-0.39, 0.29) is 12.1 Å². The Morgan fingerprint density at radius 3 is 2.17 bits per heavy atom. The topological polar surface area (TPSA) is 71.4 Å². The second-order valence-corrected chi connectivity index (χ2v) is 11.8. The highest BCUT2D eigenvalue weighted by molar-refractivity contribution is 5.46. The number of anilines is 1. The highest BCUT2D eigenvalue weighted by atomic mass is 16.5. The second kappa shape index (κ2) is 15.5. The zero-order chi connectivity index (χ0) is 29.1. The largest absolute Gasteiger partial charge is 0.491 e. The first-order valence-corrected chi connectivity index (χ1v) is 15.7. The number of aliphatic hydroxyl groups is 2. The summed E-state index contributed by atoms with van der Waals surface area (Å²) in [5.41, 5.74) is 5.20. The van der Waals surface area contributed by atoms with Crippen molar-refractivity contribution in [3.05, 3.63) is 95.6 Å². The summed E-state index contributed by atoms with van der Waals surface area (Å²) in [7, 11) is 0. The van der Waals surface area contributed by atoms with Crippen molar-refractivity contribution < 1.29 is 14.9 Å². The van der Waals surface area contributed by atoms with E-state index >= 15 is 0 Å². The van der Waals surface area contributed by atoms with Gasteiger partial charge in [0.25, 0.3) is 0 Å². The van der Waals surface area contributed by atoms with Crippen LogP contribution in [0.2, 0.25) is 0 Å². The highest BCUT2D eigenvalue weighted by Gasteiger charge is 2.20. The quantitative estimate of drug-likeness (QED) is 0.280. The zero-order valence-electron chi connectivity index (χ0n) is 25.1. The number of hydrogen-bond donors (Lipinski definition) is 3.